The number of thioether (sulfide) groups is 1. The van der Waals surface area contributed by atoms with Gasteiger partial charge in [-0.2, -0.15) is 11.8 Å². The molecule has 144 valence electrons. The molecule has 1 atom stereocenters. The fraction of sp³-hybridized carbons (Fsp3) is 0.650. The Labute approximate surface area is 162 Å². The number of likely N-dealkylation sites (tertiary alicyclic amines) is 1. The smallest absolute Gasteiger partial charge is 0.317 e. The monoisotopic (exact) mass is 376 g/mol. The molecule has 0 spiro atoms. The lowest BCUT2D eigenvalue weighted by Crippen LogP contribution is -2.58. The number of hydrogen-bond acceptors (Lipinski definition) is 4. The quantitative estimate of drug-likeness (QED) is 0.858. The number of piperidine rings is 1. The molecular formula is C20H32N4OS. The van der Waals surface area contributed by atoms with Gasteiger partial charge in [0, 0.05) is 62.8 Å². The van der Waals surface area contributed by atoms with Gasteiger partial charge in [-0.1, -0.05) is 18.2 Å². The largest absolute Gasteiger partial charge is 0.368 e. The summed E-state index contributed by atoms with van der Waals surface area (Å²) in [7, 11) is 0. The van der Waals surface area contributed by atoms with Crippen molar-refractivity contribution >= 4 is 23.5 Å². The number of rotatable bonds is 5. The third kappa shape index (κ3) is 5.07. The molecule has 1 aromatic carbocycles. The minimum Gasteiger partial charge on any atom is -0.368 e. The number of piperazine rings is 1. The van der Waals surface area contributed by atoms with E-state index < -0.39 is 0 Å². The maximum absolute atomic E-state index is 12.8. The van der Waals surface area contributed by atoms with E-state index in [0.717, 1.165) is 45.6 Å². The molecule has 0 aliphatic carbocycles. The molecule has 3 rings (SSSR count). The van der Waals surface area contributed by atoms with Crippen LogP contribution in [-0.2, 0) is 0 Å². The lowest BCUT2D eigenvalue weighted by Gasteiger charge is -2.42. The highest BCUT2D eigenvalue weighted by Crippen LogP contribution is 2.19. The third-order valence-electron chi connectivity index (χ3n) is 5.54. The van der Waals surface area contributed by atoms with E-state index in [9.17, 15) is 4.79 Å². The predicted molar refractivity (Wildman–Crippen MR) is 111 cm³/mol. The molecule has 2 saturated heterocycles. The van der Waals surface area contributed by atoms with E-state index in [2.05, 4.69) is 52.6 Å². The van der Waals surface area contributed by atoms with Gasteiger partial charge in [-0.25, -0.2) is 4.79 Å². The van der Waals surface area contributed by atoms with Crippen molar-refractivity contribution in [3.8, 4) is 0 Å². The van der Waals surface area contributed by atoms with Crippen LogP contribution in [0.3, 0.4) is 0 Å². The zero-order valence-electron chi connectivity index (χ0n) is 16.1. The van der Waals surface area contributed by atoms with Gasteiger partial charge in [0.1, 0.15) is 0 Å². The first-order chi connectivity index (χ1) is 12.7. The highest BCUT2D eigenvalue weighted by atomic mass is 32.2. The molecule has 0 radical (unpaired) electrons. The average Bonchev–Trinajstić information content (AvgIpc) is 2.68. The molecule has 0 aromatic heterocycles. The van der Waals surface area contributed by atoms with Crippen LogP contribution >= 0.6 is 11.8 Å². The number of nitrogens with one attached hydrogen (secondary N) is 1. The molecule has 2 aliphatic heterocycles. The molecular weight excluding hydrogens is 344 g/mol. The van der Waals surface area contributed by atoms with Crippen LogP contribution in [0.15, 0.2) is 30.3 Å². The van der Waals surface area contributed by atoms with Crippen LogP contribution in [0.1, 0.15) is 19.8 Å². The zero-order chi connectivity index (χ0) is 18.4. The first kappa shape index (κ1) is 19.4. The summed E-state index contributed by atoms with van der Waals surface area (Å²) in [6.45, 7) is 8.10. The minimum absolute atomic E-state index is 0.118. The molecule has 1 N–H and O–H groups in total. The van der Waals surface area contributed by atoms with Gasteiger partial charge in [-0.15, -0.1) is 0 Å². The van der Waals surface area contributed by atoms with Gasteiger partial charge in [-0.3, -0.25) is 0 Å². The topological polar surface area (TPSA) is 38.8 Å². The van der Waals surface area contributed by atoms with Crippen molar-refractivity contribution in [2.75, 3.05) is 56.2 Å². The number of para-hydroxylation sites is 1. The number of carbonyl (C=O) groups excluding carboxylic acids is 1. The van der Waals surface area contributed by atoms with Crippen molar-refractivity contribution < 1.29 is 4.79 Å². The van der Waals surface area contributed by atoms with Gasteiger partial charge in [0.05, 0.1) is 0 Å². The maximum atomic E-state index is 12.8. The Balaban J connectivity index is 1.44. The number of amides is 2. The normalized spacial score (nSPS) is 22.5. The predicted octanol–water partition coefficient (Wildman–Crippen LogP) is 2.73. The molecule has 6 heteroatoms. The second kappa shape index (κ2) is 9.51. The lowest BCUT2D eigenvalue weighted by atomic mass is 10.1. The van der Waals surface area contributed by atoms with Crippen LogP contribution in [-0.4, -0.2) is 79.2 Å². The Morgan fingerprint density at radius 3 is 2.54 bits per heavy atom. The van der Waals surface area contributed by atoms with E-state index in [1.807, 2.05) is 22.7 Å². The first-order valence-corrected chi connectivity index (χ1v) is 11.1. The van der Waals surface area contributed by atoms with Crippen molar-refractivity contribution in [2.24, 2.45) is 0 Å². The molecule has 2 fully saturated rings. The molecule has 2 aliphatic rings. The Morgan fingerprint density at radius 2 is 1.88 bits per heavy atom. The van der Waals surface area contributed by atoms with Crippen LogP contribution in [0.2, 0.25) is 0 Å². The van der Waals surface area contributed by atoms with E-state index in [1.54, 1.807) is 0 Å². The Bertz CT molecular complexity index is 562. The Morgan fingerprint density at radius 1 is 1.15 bits per heavy atom. The number of urea groups is 1. The van der Waals surface area contributed by atoms with Crippen molar-refractivity contribution in [2.45, 2.75) is 31.8 Å². The van der Waals surface area contributed by atoms with E-state index >= 15 is 0 Å². The number of hydrogen-bond donors (Lipinski definition) is 1. The summed E-state index contributed by atoms with van der Waals surface area (Å²) in [5.74, 6) is 1.19. The molecule has 0 saturated carbocycles. The Kier molecular flexibility index (Phi) is 7.08. The van der Waals surface area contributed by atoms with E-state index in [-0.39, 0.29) is 12.1 Å². The van der Waals surface area contributed by atoms with Crippen LogP contribution in [0.25, 0.3) is 0 Å². The van der Waals surface area contributed by atoms with Crippen molar-refractivity contribution in [3.05, 3.63) is 30.3 Å². The molecule has 2 amide bonds. The Hall–Kier alpha value is -1.40. The number of benzene rings is 1. The maximum Gasteiger partial charge on any atom is 0.317 e. The van der Waals surface area contributed by atoms with Crippen LogP contribution in [0, 0.1) is 0 Å². The second-order valence-corrected chi connectivity index (χ2v) is 8.37. The van der Waals surface area contributed by atoms with Crippen LogP contribution in [0.5, 0.6) is 0 Å². The van der Waals surface area contributed by atoms with E-state index in [1.165, 1.54) is 18.0 Å². The summed E-state index contributed by atoms with van der Waals surface area (Å²) in [5.41, 5.74) is 1.25. The van der Waals surface area contributed by atoms with Crippen molar-refractivity contribution in [3.63, 3.8) is 0 Å². The van der Waals surface area contributed by atoms with Gasteiger partial charge >= 0.3 is 6.03 Å². The van der Waals surface area contributed by atoms with Gasteiger partial charge in [0.25, 0.3) is 0 Å². The number of nitrogens with zero attached hydrogens (tertiary/aromatic N) is 3. The second-order valence-electron chi connectivity index (χ2n) is 7.38. The SMILES string of the molecule is CSCCN1CCC(NC(=O)N2CCN(c3ccccc3)C[C@H]2C)CC1. The summed E-state index contributed by atoms with van der Waals surface area (Å²) in [6, 6.07) is 11.2. The fourth-order valence-corrected chi connectivity index (χ4v) is 4.35. The van der Waals surface area contributed by atoms with Crippen LogP contribution < -0.4 is 10.2 Å². The summed E-state index contributed by atoms with van der Waals surface area (Å²) in [6.07, 6.45) is 4.29. The van der Waals surface area contributed by atoms with Gasteiger partial charge in [0.2, 0.25) is 0 Å². The van der Waals surface area contributed by atoms with Gasteiger partial charge in [0.15, 0.2) is 0 Å². The average molecular weight is 377 g/mol. The zero-order valence-corrected chi connectivity index (χ0v) is 16.9. The standard InChI is InChI=1S/C20H32N4OS/c1-17-16-23(19-6-4-3-5-7-19)12-13-24(17)20(25)21-18-8-10-22(11-9-18)14-15-26-2/h3-7,17-18H,8-16H2,1-2H3,(H,21,25)/t17-/m1/s1. The molecule has 1 aromatic rings. The summed E-state index contributed by atoms with van der Waals surface area (Å²) in [4.78, 5) is 19.7. The molecule has 26 heavy (non-hydrogen) atoms. The third-order valence-corrected chi connectivity index (χ3v) is 6.13. The van der Waals surface area contributed by atoms with Crippen LogP contribution in [0.4, 0.5) is 10.5 Å². The highest BCUT2D eigenvalue weighted by molar-refractivity contribution is 7.98. The molecule has 5 nitrogen and oxygen atoms in total. The summed E-state index contributed by atoms with van der Waals surface area (Å²) in [5, 5.41) is 3.29. The molecule has 2 heterocycles. The minimum atomic E-state index is 0.118. The van der Waals surface area contributed by atoms with Crippen molar-refractivity contribution in [1.29, 1.82) is 0 Å². The number of carbonyl (C=O) groups is 1. The van der Waals surface area contributed by atoms with E-state index in [0.29, 0.717) is 6.04 Å². The summed E-state index contributed by atoms with van der Waals surface area (Å²) < 4.78 is 0. The van der Waals surface area contributed by atoms with Crippen molar-refractivity contribution in [1.82, 2.24) is 15.1 Å². The lowest BCUT2D eigenvalue weighted by molar-refractivity contribution is 0.156. The molecule has 0 unspecified atom stereocenters. The molecule has 0 bridgehead atoms. The fourth-order valence-electron chi connectivity index (χ4n) is 3.91. The van der Waals surface area contributed by atoms with E-state index in [4.69, 9.17) is 0 Å². The number of anilines is 1. The van der Waals surface area contributed by atoms with Gasteiger partial charge in [-0.05, 0) is 38.2 Å². The van der Waals surface area contributed by atoms with Gasteiger partial charge < -0.3 is 20.0 Å². The highest BCUT2D eigenvalue weighted by Gasteiger charge is 2.29. The summed E-state index contributed by atoms with van der Waals surface area (Å²) >= 11 is 1.90. The first-order valence-electron chi connectivity index (χ1n) is 9.76.